The van der Waals surface area contributed by atoms with E-state index in [2.05, 4.69) is 64.9 Å². The van der Waals surface area contributed by atoms with Gasteiger partial charge >= 0.3 is 6.09 Å². The van der Waals surface area contributed by atoms with Gasteiger partial charge in [0.1, 0.15) is 5.60 Å². The summed E-state index contributed by atoms with van der Waals surface area (Å²) in [5.74, 6) is 0.0734. The lowest BCUT2D eigenvalue weighted by Crippen LogP contribution is -2.52. The van der Waals surface area contributed by atoms with E-state index in [0.717, 1.165) is 47.7 Å². The second-order valence-corrected chi connectivity index (χ2v) is 14.0. The van der Waals surface area contributed by atoms with Gasteiger partial charge in [-0.25, -0.2) is 14.3 Å². The number of carbonyl (C=O) groups is 2. The maximum Gasteiger partial charge on any atom is 0.410 e. The number of aromatic nitrogens is 3. The van der Waals surface area contributed by atoms with Crippen LogP contribution in [0.2, 0.25) is 0 Å². The van der Waals surface area contributed by atoms with E-state index in [9.17, 15) is 9.59 Å². The van der Waals surface area contributed by atoms with Gasteiger partial charge in [0.2, 0.25) is 5.91 Å². The lowest BCUT2D eigenvalue weighted by atomic mass is 9.81. The summed E-state index contributed by atoms with van der Waals surface area (Å²) in [4.78, 5) is 38.8. The van der Waals surface area contributed by atoms with Gasteiger partial charge in [-0.3, -0.25) is 9.69 Å². The normalized spacial score (nSPS) is 17.1. The number of fused-ring (bicyclic) bond motifs is 3. The zero-order valence-corrected chi connectivity index (χ0v) is 27.1. The van der Waals surface area contributed by atoms with Crippen molar-refractivity contribution in [2.75, 3.05) is 51.2 Å². The highest BCUT2D eigenvalue weighted by molar-refractivity contribution is 5.79. The smallest absolute Gasteiger partial charge is 0.410 e. The molecule has 1 fully saturated rings. The number of likely N-dealkylation sites (N-methyl/N-ethyl adjacent to an activating group) is 1. The Bertz CT molecular complexity index is 1460. The molecule has 1 aromatic carbocycles. The molecule has 10 nitrogen and oxygen atoms in total. The van der Waals surface area contributed by atoms with Gasteiger partial charge in [-0.05, 0) is 63.6 Å². The number of nitrogens with zero attached hydrogens (tertiary/aromatic N) is 7. The van der Waals surface area contributed by atoms with Gasteiger partial charge in [-0.15, -0.1) is 0 Å². The number of aryl methyl sites for hydroxylation is 2. The fourth-order valence-corrected chi connectivity index (χ4v) is 6.34. The molecule has 43 heavy (non-hydrogen) atoms. The first kappa shape index (κ1) is 30.8. The van der Waals surface area contributed by atoms with E-state index in [1.54, 1.807) is 4.90 Å². The zero-order chi connectivity index (χ0) is 31.1. The molecule has 2 amide bonds. The topological polar surface area (TPSA) is 86.5 Å². The Balaban J connectivity index is 1.27. The van der Waals surface area contributed by atoms with Crippen molar-refractivity contribution in [3.63, 3.8) is 0 Å². The number of hydrogen-bond acceptors (Lipinski definition) is 7. The molecular weight excluding hydrogens is 542 g/mol. The summed E-state index contributed by atoms with van der Waals surface area (Å²) in [5.41, 5.74) is 5.67. The molecule has 2 aliphatic heterocycles. The first-order chi connectivity index (χ1) is 20.2. The Morgan fingerprint density at radius 2 is 1.67 bits per heavy atom. The number of piperazine rings is 1. The summed E-state index contributed by atoms with van der Waals surface area (Å²) in [7, 11) is 1.91. The third-order valence-corrected chi connectivity index (χ3v) is 8.27. The summed E-state index contributed by atoms with van der Waals surface area (Å²) in [6, 6.07) is 10.6. The van der Waals surface area contributed by atoms with Crippen molar-refractivity contribution in [3.8, 4) is 0 Å². The highest BCUT2D eigenvalue weighted by Gasteiger charge is 2.34. The summed E-state index contributed by atoms with van der Waals surface area (Å²) >= 11 is 0. The van der Waals surface area contributed by atoms with Gasteiger partial charge in [0, 0.05) is 51.5 Å². The van der Waals surface area contributed by atoms with Gasteiger partial charge in [-0.2, -0.15) is 5.10 Å². The molecule has 3 aromatic rings. The van der Waals surface area contributed by atoms with E-state index in [-0.39, 0.29) is 23.5 Å². The van der Waals surface area contributed by atoms with E-state index in [4.69, 9.17) is 4.74 Å². The molecule has 5 rings (SSSR count). The van der Waals surface area contributed by atoms with Crippen LogP contribution in [0, 0.1) is 12.3 Å². The average molecular weight is 590 g/mol. The van der Waals surface area contributed by atoms with Crippen LogP contribution in [0.1, 0.15) is 71.0 Å². The van der Waals surface area contributed by atoms with Crippen LogP contribution in [-0.2, 0) is 16.0 Å². The van der Waals surface area contributed by atoms with E-state index >= 15 is 0 Å². The molecule has 0 N–H and O–H groups in total. The van der Waals surface area contributed by atoms with Crippen LogP contribution >= 0.6 is 0 Å². The Labute approximate surface area is 255 Å². The molecule has 0 aliphatic carbocycles. The SMILES string of the molecule is Cc1cc2ncc3c(n2n1)CCCN3c1ccc([C@H](N(C)C(=O)CN2CCN(C(=O)OC(C)(C)C)CC2)C(C)(C)C)cc1. The van der Waals surface area contributed by atoms with Gasteiger partial charge in [0.05, 0.1) is 35.9 Å². The number of rotatable bonds is 5. The Kier molecular flexibility index (Phi) is 8.44. The highest BCUT2D eigenvalue weighted by atomic mass is 16.6. The fraction of sp³-hybridized carbons (Fsp3) is 0.576. The minimum atomic E-state index is -0.519. The molecule has 4 heterocycles. The van der Waals surface area contributed by atoms with Crippen LogP contribution in [-0.4, -0.2) is 93.2 Å². The molecular formula is C33H47N7O3. The summed E-state index contributed by atoms with van der Waals surface area (Å²) < 4.78 is 7.50. The number of benzene rings is 1. The van der Waals surface area contributed by atoms with Gasteiger partial charge in [0.15, 0.2) is 5.65 Å². The molecule has 232 valence electrons. The second-order valence-electron chi connectivity index (χ2n) is 14.0. The summed E-state index contributed by atoms with van der Waals surface area (Å²) in [5, 5.41) is 4.68. The quantitative estimate of drug-likeness (QED) is 0.403. The Morgan fingerprint density at radius 3 is 2.30 bits per heavy atom. The minimum Gasteiger partial charge on any atom is -0.444 e. The molecule has 0 saturated carbocycles. The number of amides is 2. The third kappa shape index (κ3) is 6.79. The van der Waals surface area contributed by atoms with Crippen molar-refractivity contribution in [2.24, 2.45) is 5.41 Å². The van der Waals surface area contributed by atoms with Crippen molar-refractivity contribution in [1.82, 2.24) is 29.3 Å². The van der Waals surface area contributed by atoms with Crippen LogP contribution in [0.15, 0.2) is 36.5 Å². The van der Waals surface area contributed by atoms with Crippen molar-refractivity contribution in [3.05, 3.63) is 53.5 Å². The predicted octanol–water partition coefficient (Wildman–Crippen LogP) is 5.22. The molecule has 0 spiro atoms. The molecule has 2 aromatic heterocycles. The lowest BCUT2D eigenvalue weighted by Gasteiger charge is -2.40. The highest BCUT2D eigenvalue weighted by Crippen LogP contribution is 2.39. The minimum absolute atomic E-state index is 0.0734. The molecule has 10 heteroatoms. The van der Waals surface area contributed by atoms with Crippen LogP contribution in [0.5, 0.6) is 0 Å². The summed E-state index contributed by atoms with van der Waals surface area (Å²) in [6.07, 6.45) is 3.69. The molecule has 1 saturated heterocycles. The second kappa shape index (κ2) is 11.8. The fourth-order valence-electron chi connectivity index (χ4n) is 6.34. The van der Waals surface area contributed by atoms with Crippen molar-refractivity contribution < 1.29 is 14.3 Å². The maximum atomic E-state index is 13.6. The monoisotopic (exact) mass is 589 g/mol. The van der Waals surface area contributed by atoms with E-state index < -0.39 is 5.60 Å². The van der Waals surface area contributed by atoms with E-state index in [1.807, 2.05) is 56.4 Å². The zero-order valence-electron chi connectivity index (χ0n) is 27.1. The molecule has 1 atom stereocenters. The first-order valence-corrected chi connectivity index (χ1v) is 15.4. The van der Waals surface area contributed by atoms with Crippen molar-refractivity contribution in [2.45, 2.75) is 73.0 Å². The van der Waals surface area contributed by atoms with Crippen molar-refractivity contribution in [1.29, 1.82) is 0 Å². The average Bonchev–Trinajstić information content (AvgIpc) is 3.32. The number of carbonyl (C=O) groups excluding carboxylic acids is 2. The van der Waals surface area contributed by atoms with Crippen molar-refractivity contribution >= 4 is 29.0 Å². The largest absolute Gasteiger partial charge is 0.444 e. The number of ether oxygens (including phenoxy) is 1. The number of hydrogen-bond donors (Lipinski definition) is 0. The van der Waals surface area contributed by atoms with Gasteiger partial charge in [0.25, 0.3) is 0 Å². The Hall–Kier alpha value is -3.66. The lowest BCUT2D eigenvalue weighted by molar-refractivity contribution is -0.136. The predicted molar refractivity (Wildman–Crippen MR) is 169 cm³/mol. The van der Waals surface area contributed by atoms with Gasteiger partial charge in [-0.1, -0.05) is 32.9 Å². The molecule has 0 unspecified atom stereocenters. The summed E-state index contributed by atoms with van der Waals surface area (Å²) in [6.45, 7) is 17.8. The molecule has 2 aliphatic rings. The standard InChI is InChI=1S/C33H47N7O3/c1-23-20-28-34-21-27-26(40(28)35-23)10-9-15-39(27)25-13-11-24(12-14-25)30(32(2,3)4)36(8)29(41)22-37-16-18-38(19-17-37)31(42)43-33(5,6)7/h11-14,20-21,30H,9-10,15-19,22H2,1-8H3/t30-/m0/s1. The Morgan fingerprint density at radius 1 is 1.00 bits per heavy atom. The number of anilines is 2. The van der Waals surface area contributed by atoms with E-state index in [1.165, 1.54) is 5.69 Å². The third-order valence-electron chi connectivity index (χ3n) is 8.27. The first-order valence-electron chi connectivity index (χ1n) is 15.4. The maximum absolute atomic E-state index is 13.6. The van der Waals surface area contributed by atoms with Crippen LogP contribution < -0.4 is 4.90 Å². The van der Waals surface area contributed by atoms with Crippen LogP contribution in [0.3, 0.4) is 0 Å². The van der Waals surface area contributed by atoms with Crippen LogP contribution in [0.4, 0.5) is 16.2 Å². The van der Waals surface area contributed by atoms with Crippen LogP contribution in [0.25, 0.3) is 5.65 Å². The molecule has 0 radical (unpaired) electrons. The molecule has 0 bridgehead atoms. The van der Waals surface area contributed by atoms with Gasteiger partial charge < -0.3 is 19.4 Å². The van der Waals surface area contributed by atoms with E-state index in [0.29, 0.717) is 32.7 Å².